The fourth-order valence-corrected chi connectivity index (χ4v) is 3.81. The maximum atomic E-state index is 11.7. The fourth-order valence-electron chi connectivity index (χ4n) is 3.81. The van der Waals surface area contributed by atoms with Crippen molar-refractivity contribution in [1.29, 1.82) is 0 Å². The summed E-state index contributed by atoms with van der Waals surface area (Å²) in [4.78, 5) is 16.7. The standard InChI is InChI=1S/C28H40N2O/c1-6-7-9-22-12-14-23(15-13-22)16-17-26(30-19-18-21(2)3)28(4,5)25-11-8-10-24(20-25)27(29)31/h8,10,12-17,20-21,25H,6-7,9,11,18-19H2,1-5H3,(H2,29,31)/b17-16+,30-26+. The zero-order chi connectivity index (χ0) is 22.9. The molecule has 1 atom stereocenters. The maximum absolute atomic E-state index is 11.7. The second-order valence-electron chi connectivity index (χ2n) is 9.58. The largest absolute Gasteiger partial charge is 0.366 e. The van der Waals surface area contributed by atoms with Gasteiger partial charge in [-0.25, -0.2) is 0 Å². The highest BCUT2D eigenvalue weighted by atomic mass is 16.1. The van der Waals surface area contributed by atoms with Crippen LogP contribution in [0.4, 0.5) is 0 Å². The van der Waals surface area contributed by atoms with Crippen LogP contribution in [0.5, 0.6) is 0 Å². The number of aliphatic imine (C=N–C) groups is 1. The van der Waals surface area contributed by atoms with Gasteiger partial charge in [-0.3, -0.25) is 9.79 Å². The van der Waals surface area contributed by atoms with Crippen LogP contribution >= 0.6 is 0 Å². The number of carbonyl (C=O) groups is 1. The van der Waals surface area contributed by atoms with Crippen molar-refractivity contribution in [3.05, 3.63) is 65.3 Å². The van der Waals surface area contributed by atoms with Crippen LogP contribution in [0.3, 0.4) is 0 Å². The van der Waals surface area contributed by atoms with E-state index < -0.39 is 0 Å². The van der Waals surface area contributed by atoms with Gasteiger partial charge in [0.05, 0.1) is 0 Å². The van der Waals surface area contributed by atoms with Crippen LogP contribution in [0.2, 0.25) is 0 Å². The second-order valence-corrected chi connectivity index (χ2v) is 9.58. The van der Waals surface area contributed by atoms with Gasteiger partial charge in [-0.15, -0.1) is 0 Å². The van der Waals surface area contributed by atoms with E-state index in [0.717, 1.165) is 31.5 Å². The van der Waals surface area contributed by atoms with Gasteiger partial charge in [-0.05, 0) is 54.7 Å². The lowest BCUT2D eigenvalue weighted by atomic mass is 9.71. The molecule has 2 rings (SSSR count). The van der Waals surface area contributed by atoms with Gasteiger partial charge in [0.2, 0.25) is 5.91 Å². The number of rotatable bonds is 11. The summed E-state index contributed by atoms with van der Waals surface area (Å²) < 4.78 is 0. The number of carbonyl (C=O) groups excluding carboxylic acids is 1. The lowest BCUT2D eigenvalue weighted by Crippen LogP contribution is -2.33. The third-order valence-electron chi connectivity index (χ3n) is 6.16. The van der Waals surface area contributed by atoms with Gasteiger partial charge in [0.25, 0.3) is 0 Å². The van der Waals surface area contributed by atoms with Crippen molar-refractivity contribution >= 4 is 17.7 Å². The molecule has 1 aromatic carbocycles. The summed E-state index contributed by atoms with van der Waals surface area (Å²) in [7, 11) is 0. The summed E-state index contributed by atoms with van der Waals surface area (Å²) in [5.41, 5.74) is 9.57. The van der Waals surface area contributed by atoms with E-state index in [9.17, 15) is 4.79 Å². The Labute approximate surface area is 189 Å². The number of hydrogen-bond acceptors (Lipinski definition) is 2. The molecule has 2 N–H and O–H groups in total. The lowest BCUT2D eigenvalue weighted by Gasteiger charge is -2.34. The minimum atomic E-state index is -0.367. The van der Waals surface area contributed by atoms with Gasteiger partial charge in [0, 0.05) is 23.2 Å². The predicted molar refractivity (Wildman–Crippen MR) is 134 cm³/mol. The number of hydrogen-bond donors (Lipinski definition) is 1. The van der Waals surface area contributed by atoms with E-state index in [1.54, 1.807) is 0 Å². The zero-order valence-electron chi connectivity index (χ0n) is 20.0. The molecule has 0 bridgehead atoms. The van der Waals surface area contributed by atoms with Gasteiger partial charge in [-0.1, -0.05) is 89.6 Å². The van der Waals surface area contributed by atoms with E-state index in [1.807, 2.05) is 12.2 Å². The molecule has 3 heteroatoms. The van der Waals surface area contributed by atoms with E-state index in [1.165, 1.54) is 24.0 Å². The monoisotopic (exact) mass is 420 g/mol. The molecule has 0 spiro atoms. The Morgan fingerprint density at radius 1 is 1.26 bits per heavy atom. The molecule has 168 valence electrons. The third-order valence-corrected chi connectivity index (χ3v) is 6.16. The molecule has 1 aliphatic carbocycles. The van der Waals surface area contributed by atoms with Crippen LogP contribution < -0.4 is 5.73 Å². The highest BCUT2D eigenvalue weighted by molar-refractivity contribution is 6.03. The van der Waals surface area contributed by atoms with E-state index in [0.29, 0.717) is 11.5 Å². The minimum Gasteiger partial charge on any atom is -0.366 e. The van der Waals surface area contributed by atoms with Crippen molar-refractivity contribution in [2.45, 2.75) is 66.7 Å². The summed E-state index contributed by atoms with van der Waals surface area (Å²) >= 11 is 0. The van der Waals surface area contributed by atoms with Gasteiger partial charge in [-0.2, -0.15) is 0 Å². The van der Waals surface area contributed by atoms with Crippen LogP contribution in [0, 0.1) is 17.3 Å². The van der Waals surface area contributed by atoms with E-state index in [2.05, 4.69) is 77.1 Å². The number of amides is 1. The van der Waals surface area contributed by atoms with Crippen LogP contribution in [0.15, 0.2) is 59.1 Å². The van der Waals surface area contributed by atoms with Crippen LogP contribution in [0.25, 0.3) is 6.08 Å². The first-order valence-corrected chi connectivity index (χ1v) is 11.7. The molecule has 31 heavy (non-hydrogen) atoms. The predicted octanol–water partition coefficient (Wildman–Crippen LogP) is 6.54. The van der Waals surface area contributed by atoms with Gasteiger partial charge in [0.15, 0.2) is 0 Å². The minimum absolute atomic E-state index is 0.180. The van der Waals surface area contributed by atoms with Crippen LogP contribution in [-0.2, 0) is 11.2 Å². The molecule has 0 saturated heterocycles. The Morgan fingerprint density at radius 2 is 1.97 bits per heavy atom. The molecular formula is C28H40N2O. The van der Waals surface area contributed by atoms with Crippen molar-refractivity contribution in [3.63, 3.8) is 0 Å². The molecule has 1 amide bonds. The first kappa shape index (κ1) is 24.8. The summed E-state index contributed by atoms with van der Waals surface area (Å²) in [6.07, 6.45) is 15.8. The van der Waals surface area contributed by atoms with Crippen molar-refractivity contribution in [1.82, 2.24) is 0 Å². The summed E-state index contributed by atoms with van der Waals surface area (Å²) in [6, 6.07) is 8.83. The SMILES string of the molecule is CCCCc1ccc(/C=C/C(=N\CCC(C)C)C(C)(C)C2C=C(C(N)=O)C=CC2)cc1. The van der Waals surface area contributed by atoms with Gasteiger partial charge < -0.3 is 5.73 Å². The number of nitrogens with zero attached hydrogens (tertiary/aromatic N) is 1. The van der Waals surface area contributed by atoms with Crippen molar-refractivity contribution in [2.24, 2.45) is 28.0 Å². The second kappa shape index (κ2) is 11.8. The van der Waals surface area contributed by atoms with Gasteiger partial charge >= 0.3 is 0 Å². The first-order valence-electron chi connectivity index (χ1n) is 11.7. The van der Waals surface area contributed by atoms with Crippen molar-refractivity contribution in [2.75, 3.05) is 6.54 Å². The summed E-state index contributed by atoms with van der Waals surface area (Å²) in [5, 5.41) is 0. The van der Waals surface area contributed by atoms with Crippen molar-refractivity contribution < 1.29 is 4.79 Å². The molecule has 0 aromatic heterocycles. The Kier molecular flexibility index (Phi) is 9.48. The molecule has 1 aliphatic rings. The number of aryl methyl sites for hydroxylation is 1. The highest BCUT2D eigenvalue weighted by Gasteiger charge is 2.33. The lowest BCUT2D eigenvalue weighted by molar-refractivity contribution is -0.114. The van der Waals surface area contributed by atoms with Crippen molar-refractivity contribution in [3.8, 4) is 0 Å². The molecular weight excluding hydrogens is 380 g/mol. The Bertz CT molecular complexity index is 838. The topological polar surface area (TPSA) is 55.4 Å². The van der Waals surface area contributed by atoms with Crippen LogP contribution in [0.1, 0.15) is 71.4 Å². The number of benzene rings is 1. The molecule has 0 heterocycles. The number of allylic oxidation sites excluding steroid dienone is 3. The number of nitrogens with two attached hydrogens (primary N) is 1. The zero-order valence-corrected chi connectivity index (χ0v) is 20.0. The van der Waals surface area contributed by atoms with Crippen LogP contribution in [-0.4, -0.2) is 18.2 Å². The summed E-state index contributed by atoms with van der Waals surface area (Å²) in [5.74, 6) is 0.430. The highest BCUT2D eigenvalue weighted by Crippen LogP contribution is 2.36. The molecule has 1 aromatic rings. The fraction of sp³-hybridized carbons (Fsp3) is 0.500. The first-order chi connectivity index (χ1) is 14.7. The summed E-state index contributed by atoms with van der Waals surface area (Å²) in [6.45, 7) is 11.9. The van der Waals surface area contributed by atoms with E-state index in [4.69, 9.17) is 10.7 Å². The maximum Gasteiger partial charge on any atom is 0.248 e. The molecule has 0 aliphatic heterocycles. The van der Waals surface area contributed by atoms with E-state index >= 15 is 0 Å². The average Bonchev–Trinajstić information content (AvgIpc) is 2.75. The average molecular weight is 421 g/mol. The molecule has 3 nitrogen and oxygen atoms in total. The normalized spacial score (nSPS) is 17.4. The smallest absolute Gasteiger partial charge is 0.248 e. The molecule has 1 unspecified atom stereocenters. The Morgan fingerprint density at radius 3 is 2.58 bits per heavy atom. The Hall–Kier alpha value is -2.42. The molecule has 0 radical (unpaired) electrons. The number of primary amides is 1. The quantitative estimate of drug-likeness (QED) is 0.406. The molecule has 0 saturated carbocycles. The Balaban J connectivity index is 2.26. The molecule has 0 fully saturated rings. The third kappa shape index (κ3) is 7.65. The number of unbranched alkanes of at least 4 members (excludes halogenated alkanes) is 1. The van der Waals surface area contributed by atoms with Gasteiger partial charge in [0.1, 0.15) is 0 Å². The van der Waals surface area contributed by atoms with E-state index in [-0.39, 0.29) is 17.2 Å².